The second-order valence-electron chi connectivity index (χ2n) is 5.67. The van der Waals surface area contributed by atoms with Crippen LogP contribution in [0.4, 0.5) is 14.5 Å². The molecular formula is C19H14BrF2N3O4. The highest BCUT2D eigenvalue weighted by Crippen LogP contribution is 2.25. The molecule has 0 unspecified atom stereocenters. The summed E-state index contributed by atoms with van der Waals surface area (Å²) < 4.78 is 35.0. The first-order chi connectivity index (χ1) is 13.9. The summed E-state index contributed by atoms with van der Waals surface area (Å²) in [4.78, 5) is 24.1. The Hall–Kier alpha value is -3.27. The number of ether oxygens (including phenoxy) is 2. The van der Waals surface area contributed by atoms with Crippen molar-refractivity contribution >= 4 is 33.5 Å². The molecule has 2 N–H and O–H groups in total. The first-order valence-corrected chi connectivity index (χ1v) is 9.04. The van der Waals surface area contributed by atoms with Crippen molar-refractivity contribution in [3.63, 3.8) is 0 Å². The van der Waals surface area contributed by atoms with Gasteiger partial charge in [-0.2, -0.15) is 13.9 Å². The van der Waals surface area contributed by atoms with E-state index in [4.69, 9.17) is 4.74 Å². The molecule has 0 fully saturated rings. The van der Waals surface area contributed by atoms with Gasteiger partial charge in [-0.3, -0.25) is 9.89 Å². The zero-order valence-corrected chi connectivity index (χ0v) is 16.3. The summed E-state index contributed by atoms with van der Waals surface area (Å²) in [7, 11) is 0. The van der Waals surface area contributed by atoms with E-state index in [1.165, 1.54) is 30.3 Å². The Labute approximate surface area is 172 Å². The van der Waals surface area contributed by atoms with Gasteiger partial charge in [-0.05, 0) is 30.3 Å². The third-order valence-corrected chi connectivity index (χ3v) is 4.18. The largest absolute Gasteiger partial charge is 0.451 e. The first-order valence-electron chi connectivity index (χ1n) is 8.24. The van der Waals surface area contributed by atoms with Gasteiger partial charge in [0.2, 0.25) is 0 Å². The summed E-state index contributed by atoms with van der Waals surface area (Å²) in [6.07, 6.45) is 0. The van der Waals surface area contributed by atoms with Crippen molar-refractivity contribution < 1.29 is 27.8 Å². The highest BCUT2D eigenvalue weighted by atomic mass is 79.9. The van der Waals surface area contributed by atoms with E-state index < -0.39 is 25.1 Å². The molecule has 0 aliphatic heterocycles. The van der Waals surface area contributed by atoms with Crippen molar-refractivity contribution in [3.05, 3.63) is 64.8 Å². The Balaban J connectivity index is 1.57. The number of aromatic amines is 1. The van der Waals surface area contributed by atoms with Gasteiger partial charge >= 0.3 is 12.6 Å². The second-order valence-corrected chi connectivity index (χ2v) is 6.59. The van der Waals surface area contributed by atoms with Gasteiger partial charge in [0.05, 0.1) is 11.4 Å². The number of para-hydroxylation sites is 2. The zero-order valence-electron chi connectivity index (χ0n) is 14.7. The lowest BCUT2D eigenvalue weighted by atomic mass is 10.1. The maximum Gasteiger partial charge on any atom is 0.387 e. The predicted molar refractivity (Wildman–Crippen MR) is 104 cm³/mol. The van der Waals surface area contributed by atoms with E-state index >= 15 is 0 Å². The Morgan fingerprint density at radius 1 is 1.14 bits per heavy atom. The number of aromatic nitrogens is 2. The summed E-state index contributed by atoms with van der Waals surface area (Å²) in [5.41, 5.74) is 1.42. The molecular weight excluding hydrogens is 452 g/mol. The molecule has 0 saturated carbocycles. The van der Waals surface area contributed by atoms with Gasteiger partial charge in [0.1, 0.15) is 11.4 Å². The number of esters is 1. The SMILES string of the molecule is O=C(COC(=O)c1cc(-c2ccc(Br)cc2)n[nH]1)Nc1ccccc1OC(F)F. The molecule has 3 aromatic rings. The van der Waals surface area contributed by atoms with Crippen molar-refractivity contribution in [2.75, 3.05) is 11.9 Å². The van der Waals surface area contributed by atoms with Crippen LogP contribution in [0.5, 0.6) is 5.75 Å². The molecule has 29 heavy (non-hydrogen) atoms. The molecule has 150 valence electrons. The molecule has 10 heteroatoms. The van der Waals surface area contributed by atoms with Crippen LogP contribution < -0.4 is 10.1 Å². The smallest absolute Gasteiger partial charge is 0.387 e. The van der Waals surface area contributed by atoms with Crippen LogP contribution in [-0.4, -0.2) is 35.3 Å². The number of carbonyl (C=O) groups is 2. The van der Waals surface area contributed by atoms with E-state index in [1.807, 2.05) is 24.3 Å². The average molecular weight is 466 g/mol. The molecule has 0 bridgehead atoms. The molecule has 0 radical (unpaired) electrons. The minimum atomic E-state index is -3.04. The maximum atomic E-state index is 12.4. The van der Waals surface area contributed by atoms with Gasteiger partial charge in [-0.15, -0.1) is 0 Å². The molecule has 3 rings (SSSR count). The minimum absolute atomic E-state index is 0.0351. The maximum absolute atomic E-state index is 12.4. The number of amides is 1. The third kappa shape index (κ3) is 5.61. The van der Waals surface area contributed by atoms with E-state index in [-0.39, 0.29) is 17.1 Å². The van der Waals surface area contributed by atoms with Crippen molar-refractivity contribution in [2.45, 2.75) is 6.61 Å². The highest BCUT2D eigenvalue weighted by molar-refractivity contribution is 9.10. The Morgan fingerprint density at radius 3 is 2.59 bits per heavy atom. The lowest BCUT2D eigenvalue weighted by Gasteiger charge is -2.11. The fourth-order valence-electron chi connectivity index (χ4n) is 2.36. The number of alkyl halides is 2. The number of rotatable bonds is 7. The number of hydrogen-bond donors (Lipinski definition) is 2. The molecule has 0 aliphatic rings. The van der Waals surface area contributed by atoms with Crippen LogP contribution in [0.2, 0.25) is 0 Å². The number of nitrogens with zero attached hydrogens (tertiary/aromatic N) is 1. The molecule has 1 heterocycles. The molecule has 0 atom stereocenters. The summed E-state index contributed by atoms with van der Waals surface area (Å²) in [6, 6.07) is 14.5. The van der Waals surface area contributed by atoms with Crippen molar-refractivity contribution in [1.82, 2.24) is 10.2 Å². The lowest BCUT2D eigenvalue weighted by Crippen LogP contribution is -2.21. The van der Waals surface area contributed by atoms with Crippen LogP contribution in [0.3, 0.4) is 0 Å². The number of anilines is 1. The van der Waals surface area contributed by atoms with Crippen LogP contribution in [0.25, 0.3) is 11.3 Å². The standard InChI is InChI=1S/C19H14BrF2N3O4/c20-12-7-5-11(6-8-12)14-9-15(25-24-14)18(27)28-10-17(26)23-13-3-1-2-4-16(13)29-19(21)22/h1-9,19H,10H2,(H,23,26)(H,24,25). The van der Waals surface area contributed by atoms with Crippen molar-refractivity contribution in [1.29, 1.82) is 0 Å². The van der Waals surface area contributed by atoms with Crippen LogP contribution in [0.15, 0.2) is 59.1 Å². The summed E-state index contributed by atoms with van der Waals surface area (Å²) in [5.74, 6) is -1.70. The van der Waals surface area contributed by atoms with Crippen LogP contribution in [-0.2, 0) is 9.53 Å². The summed E-state index contributed by atoms with van der Waals surface area (Å²) in [5, 5.41) is 8.95. The van der Waals surface area contributed by atoms with Crippen molar-refractivity contribution in [2.24, 2.45) is 0 Å². The molecule has 1 aromatic heterocycles. The Bertz CT molecular complexity index is 1010. The normalized spacial score (nSPS) is 10.6. The van der Waals surface area contributed by atoms with Crippen LogP contribution >= 0.6 is 15.9 Å². The van der Waals surface area contributed by atoms with E-state index in [0.29, 0.717) is 5.69 Å². The number of H-pyrrole nitrogens is 1. The first kappa shape index (κ1) is 20.5. The Morgan fingerprint density at radius 2 is 1.86 bits per heavy atom. The van der Waals surface area contributed by atoms with Crippen molar-refractivity contribution in [3.8, 4) is 17.0 Å². The highest BCUT2D eigenvalue weighted by Gasteiger charge is 2.16. The quantitative estimate of drug-likeness (QED) is 0.509. The third-order valence-electron chi connectivity index (χ3n) is 3.65. The summed E-state index contributed by atoms with van der Waals surface area (Å²) >= 11 is 3.33. The summed E-state index contributed by atoms with van der Waals surface area (Å²) in [6.45, 7) is -3.65. The number of hydrogen-bond acceptors (Lipinski definition) is 5. The monoisotopic (exact) mass is 465 g/mol. The molecule has 0 aliphatic carbocycles. The van der Waals surface area contributed by atoms with Gasteiger partial charge in [-0.1, -0.05) is 40.2 Å². The van der Waals surface area contributed by atoms with Gasteiger partial charge in [0.15, 0.2) is 6.61 Å². The van der Waals surface area contributed by atoms with E-state index in [1.54, 1.807) is 0 Å². The number of nitrogens with one attached hydrogen (secondary N) is 2. The average Bonchev–Trinajstić information content (AvgIpc) is 3.18. The van der Waals surface area contributed by atoms with Gasteiger partial charge < -0.3 is 14.8 Å². The topological polar surface area (TPSA) is 93.3 Å². The fraction of sp³-hybridized carbons (Fsp3) is 0.105. The minimum Gasteiger partial charge on any atom is -0.451 e. The molecule has 2 aromatic carbocycles. The number of halogens is 3. The number of carbonyl (C=O) groups excluding carboxylic acids is 2. The predicted octanol–water partition coefficient (Wildman–Crippen LogP) is 4.24. The van der Waals surface area contributed by atoms with E-state index in [0.717, 1.165) is 10.0 Å². The molecule has 7 nitrogen and oxygen atoms in total. The van der Waals surface area contributed by atoms with Gasteiger partial charge in [0, 0.05) is 10.0 Å². The van der Waals surface area contributed by atoms with Gasteiger partial charge in [0.25, 0.3) is 5.91 Å². The van der Waals surface area contributed by atoms with Crippen LogP contribution in [0.1, 0.15) is 10.5 Å². The lowest BCUT2D eigenvalue weighted by molar-refractivity contribution is -0.119. The van der Waals surface area contributed by atoms with E-state index in [9.17, 15) is 18.4 Å². The van der Waals surface area contributed by atoms with Crippen LogP contribution in [0, 0.1) is 0 Å². The molecule has 1 amide bonds. The number of benzene rings is 2. The van der Waals surface area contributed by atoms with E-state index in [2.05, 4.69) is 36.2 Å². The Kier molecular flexibility index (Phi) is 6.55. The fourth-order valence-corrected chi connectivity index (χ4v) is 2.62. The van der Waals surface area contributed by atoms with Gasteiger partial charge in [-0.25, -0.2) is 4.79 Å². The molecule has 0 saturated heterocycles. The molecule has 0 spiro atoms. The zero-order chi connectivity index (χ0) is 20.8. The second kappa shape index (κ2) is 9.28.